The fourth-order valence-corrected chi connectivity index (χ4v) is 1.71. The van der Waals surface area contributed by atoms with Crippen molar-refractivity contribution in [2.24, 2.45) is 0 Å². The molecule has 4 nitrogen and oxygen atoms in total. The van der Waals surface area contributed by atoms with Gasteiger partial charge < -0.3 is 14.9 Å². The molecule has 0 aliphatic rings. The molecule has 16 heavy (non-hydrogen) atoms. The maximum Gasteiger partial charge on any atom is 0.120 e. The van der Waals surface area contributed by atoms with Crippen molar-refractivity contribution in [1.29, 1.82) is 0 Å². The zero-order valence-corrected chi connectivity index (χ0v) is 9.61. The predicted molar refractivity (Wildman–Crippen MR) is 63.9 cm³/mol. The maximum atomic E-state index is 4.16. The first-order chi connectivity index (χ1) is 7.88. The van der Waals surface area contributed by atoms with Gasteiger partial charge >= 0.3 is 0 Å². The van der Waals surface area contributed by atoms with Crippen molar-refractivity contribution in [1.82, 2.24) is 19.9 Å². The summed E-state index contributed by atoms with van der Waals surface area (Å²) in [6.45, 7) is 4.95. The number of imidazole rings is 1. The molecule has 0 bridgehead atoms. The van der Waals surface area contributed by atoms with Crippen molar-refractivity contribution in [3.63, 3.8) is 0 Å². The summed E-state index contributed by atoms with van der Waals surface area (Å²) in [5.41, 5.74) is 1.32. The van der Waals surface area contributed by atoms with E-state index < -0.39 is 0 Å². The van der Waals surface area contributed by atoms with Gasteiger partial charge in [-0.1, -0.05) is 6.92 Å². The molecule has 2 N–H and O–H groups in total. The average molecular weight is 218 g/mol. The Hall–Kier alpha value is -1.55. The lowest BCUT2D eigenvalue weighted by Gasteiger charge is -2.01. The van der Waals surface area contributed by atoms with Gasteiger partial charge in [-0.25, -0.2) is 4.98 Å². The van der Waals surface area contributed by atoms with Crippen molar-refractivity contribution in [3.8, 4) is 0 Å². The number of hydrogen-bond acceptors (Lipinski definition) is 2. The lowest BCUT2D eigenvalue weighted by atomic mass is 10.3. The standard InChI is InChI=1S/C12H18N4/c1-2-6-16-7-3-11(10-16)8-13-9-12-14-4-5-15-12/h3-5,7,10,13H,2,6,8-9H2,1H3,(H,14,15). The van der Waals surface area contributed by atoms with Crippen molar-refractivity contribution in [2.75, 3.05) is 0 Å². The van der Waals surface area contributed by atoms with Gasteiger partial charge in [-0.05, 0) is 18.1 Å². The van der Waals surface area contributed by atoms with Crippen LogP contribution in [0.5, 0.6) is 0 Å². The number of H-pyrrole nitrogens is 1. The molecule has 2 rings (SSSR count). The summed E-state index contributed by atoms with van der Waals surface area (Å²) in [4.78, 5) is 7.23. The Morgan fingerprint density at radius 3 is 3.12 bits per heavy atom. The highest BCUT2D eigenvalue weighted by Gasteiger charge is 1.97. The molecule has 0 amide bonds. The Balaban J connectivity index is 1.76. The number of nitrogens with zero attached hydrogens (tertiary/aromatic N) is 2. The maximum absolute atomic E-state index is 4.16. The third kappa shape index (κ3) is 2.97. The zero-order chi connectivity index (χ0) is 11.2. The van der Waals surface area contributed by atoms with Crippen LogP contribution in [0, 0.1) is 0 Å². The average Bonchev–Trinajstić information content (AvgIpc) is 2.90. The molecule has 4 heteroatoms. The molecule has 0 radical (unpaired) electrons. The number of hydrogen-bond donors (Lipinski definition) is 2. The normalized spacial score (nSPS) is 10.8. The summed E-state index contributed by atoms with van der Waals surface area (Å²) in [6.07, 6.45) is 9.11. The Kier molecular flexibility index (Phi) is 3.77. The molecule has 0 fully saturated rings. The van der Waals surface area contributed by atoms with Crippen LogP contribution in [0.2, 0.25) is 0 Å². The molecule has 0 atom stereocenters. The van der Waals surface area contributed by atoms with Gasteiger partial charge in [-0.2, -0.15) is 0 Å². The highest BCUT2D eigenvalue weighted by molar-refractivity contribution is 5.09. The number of nitrogens with one attached hydrogen (secondary N) is 2. The predicted octanol–water partition coefficient (Wildman–Crippen LogP) is 1.91. The van der Waals surface area contributed by atoms with Crippen LogP contribution >= 0.6 is 0 Å². The summed E-state index contributed by atoms with van der Waals surface area (Å²) in [6, 6.07) is 2.16. The minimum Gasteiger partial charge on any atom is -0.354 e. The second kappa shape index (κ2) is 5.51. The molecule has 0 aliphatic carbocycles. The van der Waals surface area contributed by atoms with Gasteiger partial charge in [0.2, 0.25) is 0 Å². The SMILES string of the molecule is CCCn1ccc(CNCc2ncc[nH]2)c1. The molecule has 86 valence electrons. The van der Waals surface area contributed by atoms with Crippen LogP contribution < -0.4 is 5.32 Å². The number of aryl methyl sites for hydroxylation is 1. The molecule has 0 aromatic carbocycles. The van der Waals surface area contributed by atoms with Crippen molar-refractivity contribution in [2.45, 2.75) is 33.0 Å². The summed E-state index contributed by atoms with van der Waals surface area (Å²) in [7, 11) is 0. The lowest BCUT2D eigenvalue weighted by molar-refractivity contribution is 0.657. The molecule has 0 saturated carbocycles. The summed E-state index contributed by atoms with van der Waals surface area (Å²) < 4.78 is 2.23. The first-order valence-corrected chi connectivity index (χ1v) is 5.72. The van der Waals surface area contributed by atoms with Gasteiger partial charge in [0.25, 0.3) is 0 Å². The van der Waals surface area contributed by atoms with Crippen LogP contribution in [-0.4, -0.2) is 14.5 Å². The highest BCUT2D eigenvalue weighted by Crippen LogP contribution is 2.02. The minimum atomic E-state index is 0.784. The summed E-state index contributed by atoms with van der Waals surface area (Å²) in [5, 5.41) is 3.35. The van der Waals surface area contributed by atoms with Crippen LogP contribution in [0.25, 0.3) is 0 Å². The van der Waals surface area contributed by atoms with Gasteiger partial charge in [-0.15, -0.1) is 0 Å². The zero-order valence-electron chi connectivity index (χ0n) is 9.61. The quantitative estimate of drug-likeness (QED) is 0.778. The Bertz CT molecular complexity index is 402. The molecular formula is C12H18N4. The molecule has 0 unspecified atom stereocenters. The van der Waals surface area contributed by atoms with Crippen molar-refractivity contribution >= 4 is 0 Å². The molecule has 2 aromatic heterocycles. The van der Waals surface area contributed by atoms with Gasteiger partial charge in [0.1, 0.15) is 5.82 Å². The molecule has 2 heterocycles. The van der Waals surface area contributed by atoms with E-state index in [4.69, 9.17) is 0 Å². The Labute approximate surface area is 95.7 Å². The Morgan fingerprint density at radius 2 is 2.38 bits per heavy atom. The van der Waals surface area contributed by atoms with Gasteiger partial charge in [0.05, 0.1) is 6.54 Å². The third-order valence-corrected chi connectivity index (χ3v) is 2.47. The van der Waals surface area contributed by atoms with E-state index in [9.17, 15) is 0 Å². The van der Waals surface area contributed by atoms with Gasteiger partial charge in [-0.3, -0.25) is 0 Å². The molecular weight excluding hydrogens is 200 g/mol. The second-order valence-corrected chi connectivity index (χ2v) is 3.90. The van der Waals surface area contributed by atoms with E-state index in [0.29, 0.717) is 0 Å². The highest BCUT2D eigenvalue weighted by atomic mass is 15.0. The number of aromatic nitrogens is 3. The third-order valence-electron chi connectivity index (χ3n) is 2.47. The van der Waals surface area contributed by atoms with Crippen molar-refractivity contribution < 1.29 is 0 Å². The Morgan fingerprint density at radius 1 is 1.44 bits per heavy atom. The van der Waals surface area contributed by atoms with Gasteiger partial charge in [0.15, 0.2) is 0 Å². The van der Waals surface area contributed by atoms with E-state index in [2.05, 4.69) is 45.2 Å². The van der Waals surface area contributed by atoms with Crippen LogP contribution in [-0.2, 0) is 19.6 Å². The van der Waals surface area contributed by atoms with Crippen molar-refractivity contribution in [3.05, 3.63) is 42.2 Å². The van der Waals surface area contributed by atoms with E-state index in [1.807, 2.05) is 6.20 Å². The van der Waals surface area contributed by atoms with E-state index in [1.165, 1.54) is 12.0 Å². The summed E-state index contributed by atoms with van der Waals surface area (Å²) >= 11 is 0. The first-order valence-electron chi connectivity index (χ1n) is 5.72. The fraction of sp³-hybridized carbons (Fsp3) is 0.417. The van der Waals surface area contributed by atoms with Crippen LogP contribution in [0.4, 0.5) is 0 Å². The summed E-state index contributed by atoms with van der Waals surface area (Å²) in [5.74, 6) is 0.980. The minimum absolute atomic E-state index is 0.784. The first kappa shape index (κ1) is 11.0. The lowest BCUT2D eigenvalue weighted by Crippen LogP contribution is -2.13. The van der Waals surface area contributed by atoms with E-state index in [1.54, 1.807) is 6.20 Å². The fourth-order valence-electron chi connectivity index (χ4n) is 1.71. The molecule has 0 saturated heterocycles. The topological polar surface area (TPSA) is 45.6 Å². The monoisotopic (exact) mass is 218 g/mol. The molecule has 0 aliphatic heterocycles. The molecule has 0 spiro atoms. The van der Waals surface area contributed by atoms with E-state index in [0.717, 1.165) is 25.5 Å². The van der Waals surface area contributed by atoms with Gasteiger partial charge in [0, 0.05) is 37.9 Å². The second-order valence-electron chi connectivity index (χ2n) is 3.90. The largest absolute Gasteiger partial charge is 0.354 e. The number of aromatic amines is 1. The van der Waals surface area contributed by atoms with Crippen LogP contribution in [0.1, 0.15) is 24.7 Å². The van der Waals surface area contributed by atoms with E-state index >= 15 is 0 Å². The molecule has 2 aromatic rings. The van der Waals surface area contributed by atoms with Crippen LogP contribution in [0.3, 0.4) is 0 Å². The van der Waals surface area contributed by atoms with E-state index in [-0.39, 0.29) is 0 Å². The number of rotatable bonds is 6. The smallest absolute Gasteiger partial charge is 0.120 e. The van der Waals surface area contributed by atoms with Crippen LogP contribution in [0.15, 0.2) is 30.9 Å².